The molecular formula is C14H17FO2. The van der Waals surface area contributed by atoms with Crippen LogP contribution in [0.3, 0.4) is 0 Å². The molecule has 0 heterocycles. The van der Waals surface area contributed by atoms with E-state index in [-0.39, 0.29) is 12.5 Å². The van der Waals surface area contributed by atoms with Crippen molar-refractivity contribution in [2.24, 2.45) is 5.92 Å². The van der Waals surface area contributed by atoms with Crippen molar-refractivity contribution < 1.29 is 13.9 Å². The van der Waals surface area contributed by atoms with Gasteiger partial charge in [-0.1, -0.05) is 44.2 Å². The van der Waals surface area contributed by atoms with Gasteiger partial charge >= 0.3 is 5.97 Å². The van der Waals surface area contributed by atoms with Crippen molar-refractivity contribution in [3.05, 3.63) is 41.7 Å². The number of carbonyl (C=O) groups is 1. The first-order chi connectivity index (χ1) is 8.07. The Bertz CT molecular complexity index is 407. The smallest absolute Gasteiger partial charge is 0.367 e. The normalized spacial score (nSPS) is 12.3. The van der Waals surface area contributed by atoms with Gasteiger partial charge in [-0.2, -0.15) is 4.39 Å². The van der Waals surface area contributed by atoms with Gasteiger partial charge < -0.3 is 4.74 Å². The summed E-state index contributed by atoms with van der Waals surface area (Å²) in [5.41, 5.74) is 1.11. The number of ether oxygens (including phenoxy) is 1. The van der Waals surface area contributed by atoms with Gasteiger partial charge in [-0.3, -0.25) is 0 Å². The Morgan fingerprint density at radius 1 is 1.29 bits per heavy atom. The van der Waals surface area contributed by atoms with E-state index in [1.54, 1.807) is 19.1 Å². The predicted molar refractivity (Wildman–Crippen MR) is 65.9 cm³/mol. The molecule has 0 aromatic heterocycles. The molecule has 0 aliphatic rings. The highest BCUT2D eigenvalue weighted by atomic mass is 19.1. The Morgan fingerprint density at radius 3 is 2.35 bits per heavy atom. The number of halogens is 1. The Balaban J connectivity index is 3.17. The van der Waals surface area contributed by atoms with Crippen molar-refractivity contribution in [2.45, 2.75) is 20.8 Å². The molecule has 1 aromatic carbocycles. The summed E-state index contributed by atoms with van der Waals surface area (Å²) in [7, 11) is 0. The highest BCUT2D eigenvalue weighted by Gasteiger charge is 2.20. The van der Waals surface area contributed by atoms with Crippen molar-refractivity contribution in [2.75, 3.05) is 6.61 Å². The topological polar surface area (TPSA) is 26.3 Å². The van der Waals surface area contributed by atoms with Gasteiger partial charge in [0.25, 0.3) is 0 Å². The zero-order valence-electron chi connectivity index (χ0n) is 10.4. The van der Waals surface area contributed by atoms with Gasteiger partial charge in [0.05, 0.1) is 6.61 Å². The number of hydrogen-bond donors (Lipinski definition) is 0. The molecule has 0 fully saturated rings. The third-order valence-corrected chi connectivity index (χ3v) is 2.35. The molecule has 0 N–H and O–H groups in total. The number of esters is 1. The lowest BCUT2D eigenvalue weighted by Crippen LogP contribution is -2.09. The zero-order valence-corrected chi connectivity index (χ0v) is 10.4. The fraction of sp³-hybridized carbons (Fsp3) is 0.357. The average molecular weight is 236 g/mol. The minimum Gasteiger partial charge on any atom is -0.461 e. The first kappa shape index (κ1) is 13.4. The van der Waals surface area contributed by atoms with Crippen molar-refractivity contribution in [1.82, 2.24) is 0 Å². The molecule has 1 aromatic rings. The number of benzene rings is 1. The molecular weight excluding hydrogens is 219 g/mol. The fourth-order valence-corrected chi connectivity index (χ4v) is 1.64. The second-order valence-corrected chi connectivity index (χ2v) is 3.97. The second kappa shape index (κ2) is 6.18. The van der Waals surface area contributed by atoms with Crippen LogP contribution in [0.1, 0.15) is 26.3 Å². The Kier molecular flexibility index (Phi) is 4.88. The van der Waals surface area contributed by atoms with E-state index in [0.717, 1.165) is 0 Å². The summed E-state index contributed by atoms with van der Waals surface area (Å²) in [4.78, 5) is 11.4. The maximum absolute atomic E-state index is 14.0. The first-order valence-electron chi connectivity index (χ1n) is 5.70. The van der Waals surface area contributed by atoms with E-state index in [2.05, 4.69) is 4.74 Å². The molecule has 3 heteroatoms. The Labute approximate surface area is 101 Å². The van der Waals surface area contributed by atoms with Crippen LogP contribution in [0, 0.1) is 5.92 Å². The number of allylic oxidation sites excluding steroid dienone is 1. The standard InChI is InChI=1S/C14H17FO2/c1-4-17-14(16)13(15)12(10(2)3)11-8-6-5-7-9-11/h5-10H,4H2,1-3H3/b13-12+. The Morgan fingerprint density at radius 2 is 1.88 bits per heavy atom. The highest BCUT2D eigenvalue weighted by Crippen LogP contribution is 2.28. The molecule has 0 bridgehead atoms. The summed E-state index contributed by atoms with van der Waals surface area (Å²) in [6, 6.07) is 9.05. The molecule has 0 aliphatic heterocycles. The third kappa shape index (κ3) is 3.41. The predicted octanol–water partition coefficient (Wildman–Crippen LogP) is 3.59. The molecule has 0 amide bonds. The SMILES string of the molecule is CCOC(=O)/C(F)=C(\c1ccccc1)C(C)C. The van der Waals surface area contributed by atoms with E-state index in [0.29, 0.717) is 11.1 Å². The van der Waals surface area contributed by atoms with E-state index in [4.69, 9.17) is 0 Å². The van der Waals surface area contributed by atoms with Crippen LogP contribution in [0.25, 0.3) is 5.57 Å². The molecule has 1 rings (SSSR count). The average Bonchev–Trinajstić information content (AvgIpc) is 2.30. The van der Waals surface area contributed by atoms with Crippen molar-refractivity contribution in [3.8, 4) is 0 Å². The summed E-state index contributed by atoms with van der Waals surface area (Å²) in [6.45, 7) is 5.53. The lowest BCUT2D eigenvalue weighted by Gasteiger charge is -2.13. The van der Waals surface area contributed by atoms with Crippen LogP contribution in [-0.4, -0.2) is 12.6 Å². The molecule has 0 saturated heterocycles. The molecule has 0 saturated carbocycles. The molecule has 0 aliphatic carbocycles. The minimum atomic E-state index is -0.889. The first-order valence-corrected chi connectivity index (χ1v) is 5.70. The van der Waals surface area contributed by atoms with Gasteiger partial charge in [0, 0.05) is 5.57 Å². The number of hydrogen-bond acceptors (Lipinski definition) is 2. The quantitative estimate of drug-likeness (QED) is 0.590. The van der Waals surface area contributed by atoms with Gasteiger partial charge in [0.2, 0.25) is 5.83 Å². The van der Waals surface area contributed by atoms with E-state index in [9.17, 15) is 9.18 Å². The van der Waals surface area contributed by atoms with Gasteiger partial charge in [-0.15, -0.1) is 0 Å². The number of rotatable bonds is 4. The van der Waals surface area contributed by atoms with Crippen molar-refractivity contribution in [3.63, 3.8) is 0 Å². The van der Waals surface area contributed by atoms with E-state index < -0.39 is 11.8 Å². The van der Waals surface area contributed by atoms with Crippen LogP contribution in [-0.2, 0) is 9.53 Å². The van der Waals surface area contributed by atoms with Gasteiger partial charge in [0.15, 0.2) is 0 Å². The second-order valence-electron chi connectivity index (χ2n) is 3.97. The van der Waals surface area contributed by atoms with Crippen LogP contribution in [0.4, 0.5) is 4.39 Å². The van der Waals surface area contributed by atoms with Gasteiger partial charge in [0.1, 0.15) is 0 Å². The zero-order chi connectivity index (χ0) is 12.8. The lowest BCUT2D eigenvalue weighted by molar-refractivity contribution is -0.140. The fourth-order valence-electron chi connectivity index (χ4n) is 1.64. The summed E-state index contributed by atoms with van der Waals surface area (Å²) in [5.74, 6) is -1.77. The summed E-state index contributed by atoms with van der Waals surface area (Å²) >= 11 is 0. The molecule has 0 atom stereocenters. The maximum Gasteiger partial charge on any atom is 0.367 e. The van der Waals surface area contributed by atoms with Crippen LogP contribution in [0.15, 0.2) is 36.2 Å². The van der Waals surface area contributed by atoms with Crippen molar-refractivity contribution in [1.29, 1.82) is 0 Å². The molecule has 0 radical (unpaired) electrons. The summed E-state index contributed by atoms with van der Waals surface area (Å²) < 4.78 is 18.7. The van der Waals surface area contributed by atoms with Crippen LogP contribution in [0.5, 0.6) is 0 Å². The molecule has 0 unspecified atom stereocenters. The van der Waals surface area contributed by atoms with Crippen LogP contribution < -0.4 is 0 Å². The molecule has 2 nitrogen and oxygen atoms in total. The van der Waals surface area contributed by atoms with Crippen LogP contribution >= 0.6 is 0 Å². The van der Waals surface area contributed by atoms with Crippen molar-refractivity contribution >= 4 is 11.5 Å². The van der Waals surface area contributed by atoms with Crippen LogP contribution in [0.2, 0.25) is 0 Å². The monoisotopic (exact) mass is 236 g/mol. The molecule has 92 valence electrons. The Hall–Kier alpha value is -1.64. The van der Waals surface area contributed by atoms with E-state index in [1.165, 1.54) is 0 Å². The minimum absolute atomic E-state index is 0.0817. The molecule has 17 heavy (non-hydrogen) atoms. The lowest BCUT2D eigenvalue weighted by atomic mass is 9.94. The largest absolute Gasteiger partial charge is 0.461 e. The summed E-state index contributed by atoms with van der Waals surface area (Å²) in [5, 5.41) is 0. The maximum atomic E-state index is 14.0. The van der Waals surface area contributed by atoms with Gasteiger partial charge in [-0.05, 0) is 18.4 Å². The van der Waals surface area contributed by atoms with Gasteiger partial charge in [-0.25, -0.2) is 4.79 Å². The third-order valence-electron chi connectivity index (χ3n) is 2.35. The highest BCUT2D eigenvalue weighted by molar-refractivity contribution is 5.95. The van der Waals surface area contributed by atoms with E-state index >= 15 is 0 Å². The summed E-state index contributed by atoms with van der Waals surface area (Å²) in [6.07, 6.45) is 0. The number of carbonyl (C=O) groups excluding carboxylic acids is 1. The molecule has 0 spiro atoms. The van der Waals surface area contributed by atoms with E-state index in [1.807, 2.05) is 32.0 Å².